The molecular weight excluding hydrogens is 188 g/mol. The highest BCUT2D eigenvalue weighted by molar-refractivity contribution is 5.82. The number of hydrogen-bond acceptors (Lipinski definition) is 2. The molecule has 0 saturated heterocycles. The molecule has 1 atom stereocenters. The lowest BCUT2D eigenvalue weighted by Gasteiger charge is -2.03. The van der Waals surface area contributed by atoms with Crippen LogP contribution in [0, 0.1) is 11.8 Å². The zero-order valence-corrected chi connectivity index (χ0v) is 9.83. The van der Waals surface area contributed by atoms with Gasteiger partial charge in [0.15, 0.2) is 6.10 Å². The molecule has 0 aliphatic rings. The van der Waals surface area contributed by atoms with Crippen LogP contribution in [0.3, 0.4) is 0 Å². The lowest BCUT2D eigenvalue weighted by atomic mass is 10.2. The molecule has 0 N–H and O–H groups in total. The Kier molecular flexibility index (Phi) is 7.09. The van der Waals surface area contributed by atoms with Gasteiger partial charge in [0.2, 0.25) is 0 Å². The minimum atomic E-state index is -0.353. The number of esters is 1. The van der Waals surface area contributed by atoms with E-state index < -0.39 is 0 Å². The quantitative estimate of drug-likeness (QED) is 0.306. The summed E-state index contributed by atoms with van der Waals surface area (Å²) in [6.45, 7) is 7.46. The van der Waals surface area contributed by atoms with Gasteiger partial charge in [-0.1, -0.05) is 30.6 Å². The molecular formula is C13H18O2. The van der Waals surface area contributed by atoms with Crippen LogP contribution in [0.2, 0.25) is 0 Å². The Morgan fingerprint density at radius 3 is 2.67 bits per heavy atom. The normalized spacial score (nSPS) is 13.2. The third kappa shape index (κ3) is 7.57. The van der Waals surface area contributed by atoms with Crippen LogP contribution in [-0.4, -0.2) is 12.1 Å². The second kappa shape index (κ2) is 7.87. The molecule has 0 saturated carbocycles. The van der Waals surface area contributed by atoms with Crippen LogP contribution in [-0.2, 0) is 9.53 Å². The zero-order chi connectivity index (χ0) is 11.7. The molecule has 0 aromatic carbocycles. The molecule has 0 aliphatic carbocycles. The maximum absolute atomic E-state index is 11.2. The van der Waals surface area contributed by atoms with Crippen LogP contribution in [0.15, 0.2) is 23.8 Å². The topological polar surface area (TPSA) is 26.3 Å². The molecule has 82 valence electrons. The van der Waals surface area contributed by atoms with Crippen LogP contribution >= 0.6 is 0 Å². The standard InChI is InChI=1S/C13H18O2/c1-5-7-11(3)9-10-13(14)15-12(4)8-6-2/h7,9-10,12H,5H2,1-4H3/b10-9+,11-7+/t12-/m1/s1. The number of hydrogen-bond donors (Lipinski definition) is 0. The van der Waals surface area contributed by atoms with Gasteiger partial charge < -0.3 is 4.74 Å². The number of carbonyl (C=O) groups is 1. The number of rotatable bonds is 4. The number of ether oxygens (including phenoxy) is 1. The summed E-state index contributed by atoms with van der Waals surface area (Å²) < 4.78 is 4.99. The fourth-order valence-electron chi connectivity index (χ4n) is 1.04. The van der Waals surface area contributed by atoms with E-state index in [9.17, 15) is 4.79 Å². The van der Waals surface area contributed by atoms with Crippen molar-refractivity contribution in [3.05, 3.63) is 23.8 Å². The highest BCUT2D eigenvalue weighted by Crippen LogP contribution is 1.98. The minimum Gasteiger partial charge on any atom is -0.446 e. The first-order valence-electron chi connectivity index (χ1n) is 5.07. The molecule has 2 heteroatoms. The molecule has 0 amide bonds. The maximum Gasteiger partial charge on any atom is 0.331 e. The van der Waals surface area contributed by atoms with Crippen molar-refractivity contribution in [2.24, 2.45) is 0 Å². The highest BCUT2D eigenvalue weighted by atomic mass is 16.5. The highest BCUT2D eigenvalue weighted by Gasteiger charge is 2.01. The summed E-state index contributed by atoms with van der Waals surface area (Å²) in [5, 5.41) is 0. The third-order valence-electron chi connectivity index (χ3n) is 1.65. The van der Waals surface area contributed by atoms with Crippen LogP contribution < -0.4 is 0 Å². The molecule has 0 spiro atoms. The zero-order valence-electron chi connectivity index (χ0n) is 9.83. The van der Waals surface area contributed by atoms with Gasteiger partial charge in [0.1, 0.15) is 0 Å². The van der Waals surface area contributed by atoms with Gasteiger partial charge in [-0.2, -0.15) is 0 Å². The first-order valence-corrected chi connectivity index (χ1v) is 5.07. The van der Waals surface area contributed by atoms with Crippen molar-refractivity contribution < 1.29 is 9.53 Å². The Hall–Kier alpha value is -1.49. The molecule has 0 aromatic rings. The number of allylic oxidation sites excluding steroid dienone is 3. The fourth-order valence-corrected chi connectivity index (χ4v) is 1.04. The van der Waals surface area contributed by atoms with Crippen molar-refractivity contribution in [3.8, 4) is 11.8 Å². The molecule has 0 heterocycles. The Morgan fingerprint density at radius 2 is 2.13 bits per heavy atom. The lowest BCUT2D eigenvalue weighted by Crippen LogP contribution is -2.10. The van der Waals surface area contributed by atoms with Crippen LogP contribution in [0.5, 0.6) is 0 Å². The van der Waals surface area contributed by atoms with E-state index in [0.29, 0.717) is 0 Å². The predicted molar refractivity (Wildman–Crippen MR) is 62.2 cm³/mol. The summed E-state index contributed by atoms with van der Waals surface area (Å²) in [5.74, 6) is 5.09. The molecule has 0 rings (SSSR count). The Balaban J connectivity index is 4.13. The maximum atomic E-state index is 11.2. The monoisotopic (exact) mass is 206 g/mol. The van der Waals surface area contributed by atoms with Crippen LogP contribution in [0.25, 0.3) is 0 Å². The summed E-state index contributed by atoms with van der Waals surface area (Å²) >= 11 is 0. The molecule has 15 heavy (non-hydrogen) atoms. The van der Waals surface area contributed by atoms with Gasteiger partial charge in [-0.3, -0.25) is 0 Å². The SMILES string of the molecule is CC#C[C@@H](C)OC(=O)/C=C/C(C)=C/CC. The fraction of sp³-hybridized carbons (Fsp3) is 0.462. The van der Waals surface area contributed by atoms with Gasteiger partial charge in [0.25, 0.3) is 0 Å². The van der Waals surface area contributed by atoms with E-state index in [4.69, 9.17) is 4.74 Å². The van der Waals surface area contributed by atoms with Crippen molar-refractivity contribution in [1.29, 1.82) is 0 Å². The van der Waals surface area contributed by atoms with E-state index in [1.165, 1.54) is 6.08 Å². The van der Waals surface area contributed by atoms with Crippen molar-refractivity contribution >= 4 is 5.97 Å². The molecule has 0 radical (unpaired) electrons. The van der Waals surface area contributed by atoms with Crippen molar-refractivity contribution in [1.82, 2.24) is 0 Å². The summed E-state index contributed by atoms with van der Waals surface area (Å²) in [5.41, 5.74) is 1.06. The summed E-state index contributed by atoms with van der Waals surface area (Å²) in [6, 6.07) is 0. The van der Waals surface area contributed by atoms with E-state index in [-0.39, 0.29) is 12.1 Å². The second-order valence-electron chi connectivity index (χ2n) is 3.16. The van der Waals surface area contributed by atoms with Crippen LogP contribution in [0.1, 0.15) is 34.1 Å². The molecule has 2 nitrogen and oxygen atoms in total. The average Bonchev–Trinajstić information content (AvgIpc) is 2.15. The summed E-state index contributed by atoms with van der Waals surface area (Å²) in [4.78, 5) is 11.2. The molecule has 0 aliphatic heterocycles. The minimum absolute atomic E-state index is 0.345. The largest absolute Gasteiger partial charge is 0.446 e. The van der Waals surface area contributed by atoms with Crippen molar-refractivity contribution in [3.63, 3.8) is 0 Å². The Labute approximate surface area is 92.0 Å². The smallest absolute Gasteiger partial charge is 0.331 e. The molecule has 0 fully saturated rings. The van der Waals surface area contributed by atoms with Crippen LogP contribution in [0.4, 0.5) is 0 Å². The predicted octanol–water partition coefficient (Wildman–Crippen LogP) is 2.85. The molecule has 0 unspecified atom stereocenters. The van der Waals surface area contributed by atoms with Gasteiger partial charge >= 0.3 is 5.97 Å². The molecule has 0 aromatic heterocycles. The van der Waals surface area contributed by atoms with Crippen molar-refractivity contribution in [2.75, 3.05) is 0 Å². The van der Waals surface area contributed by atoms with Crippen molar-refractivity contribution in [2.45, 2.75) is 40.2 Å². The summed E-state index contributed by atoms with van der Waals surface area (Å²) in [7, 11) is 0. The first-order chi connectivity index (χ1) is 7.10. The summed E-state index contributed by atoms with van der Waals surface area (Å²) in [6.07, 6.45) is 5.83. The molecule has 0 bridgehead atoms. The first kappa shape index (κ1) is 13.5. The van der Waals surface area contributed by atoms with Gasteiger partial charge in [-0.15, -0.1) is 5.92 Å². The van der Waals surface area contributed by atoms with E-state index in [0.717, 1.165) is 12.0 Å². The Morgan fingerprint density at radius 1 is 1.47 bits per heavy atom. The average molecular weight is 206 g/mol. The second-order valence-corrected chi connectivity index (χ2v) is 3.16. The van der Waals surface area contributed by atoms with E-state index in [1.54, 1.807) is 19.9 Å². The van der Waals surface area contributed by atoms with Gasteiger partial charge in [0, 0.05) is 6.08 Å². The lowest BCUT2D eigenvalue weighted by molar-refractivity contribution is -0.139. The number of carbonyl (C=O) groups excluding carboxylic acids is 1. The van der Waals surface area contributed by atoms with Gasteiger partial charge in [0.05, 0.1) is 0 Å². The Bertz CT molecular complexity index is 313. The van der Waals surface area contributed by atoms with E-state index in [1.807, 2.05) is 13.0 Å². The van der Waals surface area contributed by atoms with Gasteiger partial charge in [-0.25, -0.2) is 4.79 Å². The van der Waals surface area contributed by atoms with Gasteiger partial charge in [-0.05, 0) is 27.2 Å². The third-order valence-corrected chi connectivity index (χ3v) is 1.65. The van der Waals surface area contributed by atoms with E-state index >= 15 is 0 Å². The van der Waals surface area contributed by atoms with E-state index in [2.05, 4.69) is 18.8 Å².